The van der Waals surface area contributed by atoms with Crippen molar-refractivity contribution in [3.8, 4) is 0 Å². The van der Waals surface area contributed by atoms with Gasteiger partial charge in [0.15, 0.2) is 5.82 Å². The number of rotatable bonds is 4. The lowest BCUT2D eigenvalue weighted by Gasteiger charge is -2.17. The van der Waals surface area contributed by atoms with Crippen LogP contribution in [0.25, 0.3) is 0 Å². The van der Waals surface area contributed by atoms with E-state index in [0.717, 1.165) is 32.5 Å². The van der Waals surface area contributed by atoms with Crippen molar-refractivity contribution in [3.05, 3.63) is 33.6 Å². The first-order chi connectivity index (χ1) is 10.7. The van der Waals surface area contributed by atoms with Crippen LogP contribution in [0.5, 0.6) is 0 Å². The van der Waals surface area contributed by atoms with Crippen molar-refractivity contribution in [1.82, 2.24) is 15.0 Å². The summed E-state index contributed by atoms with van der Waals surface area (Å²) < 4.78 is 11.4. The number of aromatic nitrogens is 2. The highest BCUT2D eigenvalue weighted by atomic mass is 32.1. The fourth-order valence-electron chi connectivity index (χ4n) is 3.62. The topological polar surface area (TPSA) is 51.4 Å². The van der Waals surface area contributed by atoms with Gasteiger partial charge in [-0.1, -0.05) is 5.16 Å². The van der Waals surface area contributed by atoms with Crippen molar-refractivity contribution in [1.29, 1.82) is 0 Å². The van der Waals surface area contributed by atoms with Gasteiger partial charge in [0, 0.05) is 35.3 Å². The molecule has 0 saturated carbocycles. The summed E-state index contributed by atoms with van der Waals surface area (Å²) in [6.07, 6.45) is 2.46. The third kappa shape index (κ3) is 2.95. The van der Waals surface area contributed by atoms with E-state index in [0.29, 0.717) is 23.7 Å². The van der Waals surface area contributed by atoms with Crippen molar-refractivity contribution >= 4 is 11.3 Å². The molecule has 4 heterocycles. The molecule has 0 bridgehead atoms. The van der Waals surface area contributed by atoms with Crippen LogP contribution in [-0.2, 0) is 17.7 Å². The van der Waals surface area contributed by atoms with E-state index >= 15 is 0 Å². The number of nitrogens with zero attached hydrogens (tertiary/aromatic N) is 3. The van der Waals surface area contributed by atoms with E-state index in [1.54, 1.807) is 0 Å². The molecule has 22 heavy (non-hydrogen) atoms. The minimum Gasteiger partial charge on any atom is -0.373 e. The summed E-state index contributed by atoms with van der Waals surface area (Å²) in [5.74, 6) is 2.05. The molecule has 2 saturated heterocycles. The van der Waals surface area contributed by atoms with Crippen molar-refractivity contribution in [3.63, 3.8) is 0 Å². The molecule has 6 heteroatoms. The molecule has 2 aromatic heterocycles. The van der Waals surface area contributed by atoms with Crippen LogP contribution in [0.1, 0.15) is 27.9 Å². The summed E-state index contributed by atoms with van der Waals surface area (Å²) in [6, 6.07) is 4.45. The van der Waals surface area contributed by atoms with Crippen LogP contribution in [0.2, 0.25) is 0 Å². The summed E-state index contributed by atoms with van der Waals surface area (Å²) in [4.78, 5) is 9.64. The molecular formula is C16H21N3O2S. The molecule has 0 spiro atoms. The Kier molecular flexibility index (Phi) is 3.76. The van der Waals surface area contributed by atoms with Crippen molar-refractivity contribution in [2.75, 3.05) is 13.1 Å². The molecule has 3 atom stereocenters. The Balaban J connectivity index is 1.30. The zero-order chi connectivity index (χ0) is 15.1. The van der Waals surface area contributed by atoms with E-state index in [9.17, 15) is 0 Å². The van der Waals surface area contributed by atoms with Gasteiger partial charge in [-0.25, -0.2) is 0 Å². The Morgan fingerprint density at radius 1 is 1.32 bits per heavy atom. The highest BCUT2D eigenvalue weighted by Gasteiger charge is 2.42. The number of hydrogen-bond donors (Lipinski definition) is 0. The molecule has 4 rings (SSSR count). The molecule has 2 fully saturated rings. The first-order valence-electron chi connectivity index (χ1n) is 7.88. The summed E-state index contributed by atoms with van der Waals surface area (Å²) in [6.45, 7) is 7.26. The highest BCUT2D eigenvalue weighted by molar-refractivity contribution is 7.11. The second-order valence-corrected chi connectivity index (χ2v) is 7.81. The van der Waals surface area contributed by atoms with Crippen LogP contribution >= 0.6 is 11.3 Å². The normalized spacial score (nSPS) is 28.4. The molecule has 0 aromatic carbocycles. The van der Waals surface area contributed by atoms with Crippen molar-refractivity contribution in [2.45, 2.75) is 45.4 Å². The van der Waals surface area contributed by atoms with Crippen LogP contribution in [-0.4, -0.2) is 40.3 Å². The summed E-state index contributed by atoms with van der Waals surface area (Å²) in [5.41, 5.74) is 0. The molecule has 2 aliphatic rings. The monoisotopic (exact) mass is 319 g/mol. The second-order valence-electron chi connectivity index (χ2n) is 6.44. The number of hydrogen-bond acceptors (Lipinski definition) is 6. The van der Waals surface area contributed by atoms with Crippen LogP contribution in [0.3, 0.4) is 0 Å². The van der Waals surface area contributed by atoms with E-state index in [4.69, 9.17) is 9.26 Å². The van der Waals surface area contributed by atoms with Gasteiger partial charge >= 0.3 is 0 Å². The van der Waals surface area contributed by atoms with E-state index in [1.807, 2.05) is 18.3 Å². The number of aryl methyl sites for hydroxylation is 2. The highest BCUT2D eigenvalue weighted by Crippen LogP contribution is 2.35. The Bertz CT molecular complexity index is 585. The number of thiophene rings is 1. The summed E-state index contributed by atoms with van der Waals surface area (Å²) in [5, 5.41) is 3.84. The van der Waals surface area contributed by atoms with Crippen LogP contribution < -0.4 is 0 Å². The standard InChI is InChI=1S/C16H21N3O2S/c1-10-3-4-14(22-10)8-19-7-12-5-13(20-15(12)9-19)6-16-17-11(2)18-21-16/h3-4,12-13,15H,5-9H2,1-2H3/t12-,13+,15+/m0/s1. The van der Waals surface area contributed by atoms with Crippen LogP contribution in [0.15, 0.2) is 16.7 Å². The van der Waals surface area contributed by atoms with E-state index in [2.05, 4.69) is 34.1 Å². The van der Waals surface area contributed by atoms with E-state index in [-0.39, 0.29) is 6.10 Å². The van der Waals surface area contributed by atoms with E-state index < -0.39 is 0 Å². The maximum atomic E-state index is 6.21. The predicted molar refractivity (Wildman–Crippen MR) is 83.8 cm³/mol. The molecular weight excluding hydrogens is 298 g/mol. The fraction of sp³-hybridized carbons (Fsp3) is 0.625. The molecule has 0 radical (unpaired) electrons. The summed E-state index contributed by atoms with van der Waals surface area (Å²) >= 11 is 1.90. The predicted octanol–water partition coefficient (Wildman–Crippen LogP) is 2.58. The van der Waals surface area contributed by atoms with Gasteiger partial charge < -0.3 is 9.26 Å². The van der Waals surface area contributed by atoms with Gasteiger partial charge in [-0.2, -0.15) is 4.98 Å². The average molecular weight is 319 g/mol. The largest absolute Gasteiger partial charge is 0.373 e. The van der Waals surface area contributed by atoms with Crippen molar-refractivity contribution in [2.24, 2.45) is 5.92 Å². The molecule has 0 amide bonds. The molecule has 2 aliphatic heterocycles. The first kappa shape index (κ1) is 14.4. The first-order valence-corrected chi connectivity index (χ1v) is 8.69. The Morgan fingerprint density at radius 2 is 2.23 bits per heavy atom. The van der Waals surface area contributed by atoms with Crippen LogP contribution in [0.4, 0.5) is 0 Å². The SMILES string of the molecule is Cc1noc(C[C@H]2C[C@H]3CN(Cc4ccc(C)s4)C[C@H]3O2)n1. The third-order valence-corrected chi connectivity index (χ3v) is 5.52. The van der Waals surface area contributed by atoms with Gasteiger partial charge in [0.2, 0.25) is 5.89 Å². The molecule has 0 aliphatic carbocycles. The quantitative estimate of drug-likeness (QED) is 0.867. The maximum absolute atomic E-state index is 6.21. The van der Waals surface area contributed by atoms with Gasteiger partial charge in [-0.3, -0.25) is 4.90 Å². The molecule has 0 N–H and O–H groups in total. The Hall–Kier alpha value is -1.24. The second kappa shape index (κ2) is 5.76. The lowest BCUT2D eigenvalue weighted by Crippen LogP contribution is -2.25. The van der Waals surface area contributed by atoms with Gasteiger partial charge in [-0.15, -0.1) is 11.3 Å². The Labute approximate surface area is 134 Å². The summed E-state index contributed by atoms with van der Waals surface area (Å²) in [7, 11) is 0. The number of likely N-dealkylation sites (tertiary alicyclic amines) is 1. The molecule has 118 valence electrons. The smallest absolute Gasteiger partial charge is 0.229 e. The average Bonchev–Trinajstić information content (AvgIpc) is 3.18. The van der Waals surface area contributed by atoms with E-state index in [1.165, 1.54) is 9.75 Å². The van der Waals surface area contributed by atoms with Gasteiger partial charge in [0.1, 0.15) is 0 Å². The zero-order valence-electron chi connectivity index (χ0n) is 13.0. The lowest BCUT2D eigenvalue weighted by molar-refractivity contribution is 0.0344. The molecule has 0 unspecified atom stereocenters. The van der Waals surface area contributed by atoms with Gasteiger partial charge in [0.05, 0.1) is 18.6 Å². The zero-order valence-corrected chi connectivity index (χ0v) is 13.8. The van der Waals surface area contributed by atoms with Crippen LogP contribution in [0, 0.1) is 19.8 Å². The number of fused-ring (bicyclic) bond motifs is 1. The number of ether oxygens (including phenoxy) is 1. The van der Waals surface area contributed by atoms with Gasteiger partial charge in [0.25, 0.3) is 0 Å². The third-order valence-electron chi connectivity index (χ3n) is 4.54. The lowest BCUT2D eigenvalue weighted by atomic mass is 10.0. The molecule has 5 nitrogen and oxygen atoms in total. The minimum atomic E-state index is 0.237. The maximum Gasteiger partial charge on any atom is 0.229 e. The minimum absolute atomic E-state index is 0.237. The van der Waals surface area contributed by atoms with Crippen molar-refractivity contribution < 1.29 is 9.26 Å². The Morgan fingerprint density at radius 3 is 2.91 bits per heavy atom. The van der Waals surface area contributed by atoms with Gasteiger partial charge in [-0.05, 0) is 32.4 Å². The molecule has 2 aromatic rings. The fourth-order valence-corrected chi connectivity index (χ4v) is 4.55.